The Morgan fingerprint density at radius 2 is 1.63 bits per heavy atom. The number of unbranched alkanes of at least 4 members (excludes halogenated alkanes) is 3. The lowest BCUT2D eigenvalue weighted by molar-refractivity contribution is -0.116. The molecule has 19 heavy (non-hydrogen) atoms. The molecule has 0 radical (unpaired) electrons. The minimum atomic E-state index is 0. The molecule has 0 spiro atoms. The molecule has 1 rings (SSSR count). The van der Waals surface area contributed by atoms with Crippen molar-refractivity contribution in [3.8, 4) is 0 Å². The van der Waals surface area contributed by atoms with Gasteiger partial charge in [0.25, 0.3) is 0 Å². The molecule has 1 amide bonds. The lowest BCUT2D eigenvalue weighted by atomic mass is 10.1. The minimum absolute atomic E-state index is 0. The van der Waals surface area contributed by atoms with E-state index in [0.29, 0.717) is 6.42 Å². The number of rotatable bonds is 7. The van der Waals surface area contributed by atoms with E-state index in [4.69, 9.17) is 5.73 Å². The fourth-order valence-electron chi connectivity index (χ4n) is 2.05. The Hall–Kier alpha value is -1.06. The lowest BCUT2D eigenvalue weighted by Gasteiger charge is -2.07. The van der Waals surface area contributed by atoms with Crippen molar-refractivity contribution in [2.24, 2.45) is 5.73 Å². The average molecular weight is 285 g/mol. The van der Waals surface area contributed by atoms with E-state index in [2.05, 4.69) is 11.4 Å². The van der Waals surface area contributed by atoms with E-state index in [1.807, 2.05) is 26.0 Å². The first-order valence-corrected chi connectivity index (χ1v) is 6.70. The number of carbonyl (C=O) groups excluding carboxylic acids is 1. The number of hydrogen-bond acceptors (Lipinski definition) is 2. The molecule has 3 N–H and O–H groups in total. The summed E-state index contributed by atoms with van der Waals surface area (Å²) in [5.74, 6) is 0.104. The van der Waals surface area contributed by atoms with E-state index in [1.54, 1.807) is 0 Å². The molecule has 0 fully saturated rings. The van der Waals surface area contributed by atoms with Crippen molar-refractivity contribution in [1.29, 1.82) is 0 Å². The van der Waals surface area contributed by atoms with Crippen LogP contribution in [0, 0.1) is 13.8 Å². The first-order valence-electron chi connectivity index (χ1n) is 6.70. The van der Waals surface area contributed by atoms with Crippen LogP contribution < -0.4 is 11.1 Å². The van der Waals surface area contributed by atoms with Gasteiger partial charge in [0.1, 0.15) is 0 Å². The van der Waals surface area contributed by atoms with Gasteiger partial charge in [-0.25, -0.2) is 0 Å². The monoisotopic (exact) mass is 284 g/mol. The van der Waals surface area contributed by atoms with Crippen molar-refractivity contribution >= 4 is 24.0 Å². The first-order chi connectivity index (χ1) is 8.61. The van der Waals surface area contributed by atoms with Crippen molar-refractivity contribution in [2.75, 3.05) is 11.9 Å². The van der Waals surface area contributed by atoms with Crippen LogP contribution in [-0.2, 0) is 4.79 Å². The molecular formula is C15H25ClN2O. The van der Waals surface area contributed by atoms with Gasteiger partial charge in [-0.15, -0.1) is 12.4 Å². The predicted molar refractivity (Wildman–Crippen MR) is 83.9 cm³/mol. The quantitative estimate of drug-likeness (QED) is 0.752. The van der Waals surface area contributed by atoms with Gasteiger partial charge in [0.05, 0.1) is 0 Å². The molecule has 0 atom stereocenters. The smallest absolute Gasteiger partial charge is 0.224 e. The Labute approximate surface area is 122 Å². The van der Waals surface area contributed by atoms with E-state index in [0.717, 1.165) is 37.9 Å². The summed E-state index contributed by atoms with van der Waals surface area (Å²) in [6.45, 7) is 4.82. The van der Waals surface area contributed by atoms with Crippen LogP contribution in [0.3, 0.4) is 0 Å². The molecule has 108 valence electrons. The molecule has 0 aliphatic heterocycles. The molecule has 1 aromatic rings. The van der Waals surface area contributed by atoms with E-state index < -0.39 is 0 Å². The molecule has 0 aliphatic rings. The minimum Gasteiger partial charge on any atom is -0.330 e. The molecule has 0 unspecified atom stereocenters. The Morgan fingerprint density at radius 3 is 2.21 bits per heavy atom. The van der Waals surface area contributed by atoms with Gasteiger partial charge in [0, 0.05) is 12.1 Å². The number of halogens is 1. The summed E-state index contributed by atoms with van der Waals surface area (Å²) in [5.41, 5.74) is 8.67. The molecule has 0 bridgehead atoms. The second-order valence-corrected chi connectivity index (χ2v) is 4.88. The molecule has 0 aliphatic carbocycles. The van der Waals surface area contributed by atoms with Crippen molar-refractivity contribution in [2.45, 2.75) is 46.0 Å². The highest BCUT2D eigenvalue weighted by molar-refractivity contribution is 5.90. The number of carbonyl (C=O) groups is 1. The van der Waals surface area contributed by atoms with Crippen LogP contribution in [0.1, 0.15) is 43.2 Å². The third kappa shape index (κ3) is 7.85. The first kappa shape index (κ1) is 17.9. The summed E-state index contributed by atoms with van der Waals surface area (Å²) >= 11 is 0. The number of nitrogens with one attached hydrogen (secondary N) is 1. The Morgan fingerprint density at radius 1 is 1.05 bits per heavy atom. The summed E-state index contributed by atoms with van der Waals surface area (Å²) in [4.78, 5) is 11.7. The van der Waals surface area contributed by atoms with Gasteiger partial charge in [-0.2, -0.15) is 0 Å². The average Bonchev–Trinajstić information content (AvgIpc) is 2.27. The summed E-state index contributed by atoms with van der Waals surface area (Å²) in [7, 11) is 0. The van der Waals surface area contributed by atoms with Gasteiger partial charge in [-0.3, -0.25) is 4.79 Å². The topological polar surface area (TPSA) is 55.1 Å². The Bertz CT molecular complexity index is 373. The maximum Gasteiger partial charge on any atom is 0.224 e. The largest absolute Gasteiger partial charge is 0.330 e. The Balaban J connectivity index is 0.00000324. The van der Waals surface area contributed by atoms with E-state index in [-0.39, 0.29) is 18.3 Å². The summed E-state index contributed by atoms with van der Waals surface area (Å²) in [5, 5.41) is 2.95. The fraction of sp³-hybridized carbons (Fsp3) is 0.533. The number of anilines is 1. The molecule has 3 nitrogen and oxygen atoms in total. The highest BCUT2D eigenvalue weighted by Crippen LogP contribution is 2.14. The van der Waals surface area contributed by atoms with Crippen LogP contribution in [0.2, 0.25) is 0 Å². The van der Waals surface area contributed by atoms with E-state index in [9.17, 15) is 4.79 Å². The van der Waals surface area contributed by atoms with Gasteiger partial charge < -0.3 is 11.1 Å². The van der Waals surface area contributed by atoms with Gasteiger partial charge in [0.15, 0.2) is 0 Å². The van der Waals surface area contributed by atoms with Crippen LogP contribution in [0.5, 0.6) is 0 Å². The molecule has 0 saturated heterocycles. The van der Waals surface area contributed by atoms with E-state index in [1.165, 1.54) is 11.1 Å². The zero-order valence-electron chi connectivity index (χ0n) is 11.9. The second kappa shape index (κ2) is 9.82. The maximum absolute atomic E-state index is 11.7. The summed E-state index contributed by atoms with van der Waals surface area (Å²) in [6, 6.07) is 6.10. The predicted octanol–water partition coefficient (Wildman–Crippen LogP) is 3.57. The SMILES string of the molecule is Cc1cc(C)cc(NC(=O)CCCCCCN)c1.Cl. The van der Waals surface area contributed by atoms with Gasteiger partial charge >= 0.3 is 0 Å². The molecule has 1 aromatic carbocycles. The van der Waals surface area contributed by atoms with Gasteiger partial charge in [-0.1, -0.05) is 18.9 Å². The molecule has 0 heterocycles. The normalized spacial score (nSPS) is 9.84. The highest BCUT2D eigenvalue weighted by Gasteiger charge is 2.03. The van der Waals surface area contributed by atoms with Crippen LogP contribution in [0.4, 0.5) is 5.69 Å². The number of nitrogens with two attached hydrogens (primary N) is 1. The van der Waals surface area contributed by atoms with Crippen LogP contribution >= 0.6 is 12.4 Å². The second-order valence-electron chi connectivity index (χ2n) is 4.88. The van der Waals surface area contributed by atoms with Crippen LogP contribution in [-0.4, -0.2) is 12.5 Å². The molecule has 0 saturated carbocycles. The molecule has 4 heteroatoms. The third-order valence-electron chi connectivity index (χ3n) is 2.86. The number of amides is 1. The van der Waals surface area contributed by atoms with Crippen molar-refractivity contribution in [3.05, 3.63) is 29.3 Å². The molecular weight excluding hydrogens is 260 g/mol. The summed E-state index contributed by atoms with van der Waals surface area (Å²) < 4.78 is 0. The van der Waals surface area contributed by atoms with Crippen molar-refractivity contribution in [1.82, 2.24) is 0 Å². The van der Waals surface area contributed by atoms with Crippen molar-refractivity contribution < 1.29 is 4.79 Å². The highest BCUT2D eigenvalue weighted by atomic mass is 35.5. The summed E-state index contributed by atoms with van der Waals surface area (Å²) in [6.07, 6.45) is 4.79. The zero-order valence-corrected chi connectivity index (χ0v) is 12.7. The molecule has 0 aromatic heterocycles. The van der Waals surface area contributed by atoms with E-state index >= 15 is 0 Å². The van der Waals surface area contributed by atoms with Gasteiger partial charge in [-0.05, 0) is 56.5 Å². The number of aryl methyl sites for hydroxylation is 2. The number of benzene rings is 1. The van der Waals surface area contributed by atoms with Crippen molar-refractivity contribution in [3.63, 3.8) is 0 Å². The third-order valence-corrected chi connectivity index (χ3v) is 2.86. The van der Waals surface area contributed by atoms with Crippen LogP contribution in [0.15, 0.2) is 18.2 Å². The zero-order chi connectivity index (χ0) is 13.4. The fourth-order valence-corrected chi connectivity index (χ4v) is 2.05. The van der Waals surface area contributed by atoms with Gasteiger partial charge in [0.2, 0.25) is 5.91 Å². The lowest BCUT2D eigenvalue weighted by Crippen LogP contribution is -2.11. The Kier molecular flexibility index (Phi) is 9.27. The van der Waals surface area contributed by atoms with Crippen LogP contribution in [0.25, 0.3) is 0 Å². The number of hydrogen-bond donors (Lipinski definition) is 2. The standard InChI is InChI=1S/C15H24N2O.ClH/c1-12-9-13(2)11-14(10-12)17-15(18)7-5-3-4-6-8-16;/h9-11H,3-8,16H2,1-2H3,(H,17,18);1H. The maximum atomic E-state index is 11.7.